The number of benzene rings is 6. The largest absolute Gasteiger partial charge is 0.0616 e. The maximum atomic E-state index is 2.34. The highest BCUT2D eigenvalue weighted by Gasteiger charge is 2.19. The zero-order valence-corrected chi connectivity index (χ0v) is 18.1. The summed E-state index contributed by atoms with van der Waals surface area (Å²) < 4.78 is 0. The minimum Gasteiger partial charge on any atom is -0.0616 e. The van der Waals surface area contributed by atoms with E-state index < -0.39 is 0 Å². The third-order valence-electron chi connectivity index (χ3n) is 7.56. The van der Waals surface area contributed by atoms with Crippen LogP contribution in [0.4, 0.5) is 0 Å². The first-order chi connectivity index (χ1) is 15.9. The zero-order chi connectivity index (χ0) is 21.1. The second-order valence-corrected chi connectivity index (χ2v) is 9.10. The summed E-state index contributed by atoms with van der Waals surface area (Å²) in [6, 6.07) is 36.3. The molecule has 0 aliphatic heterocycles. The van der Waals surface area contributed by atoms with E-state index in [1.165, 1.54) is 65.3 Å². The normalized spacial score (nSPS) is 13.8. The molecule has 0 atom stereocenters. The standard InChI is InChI=1S/C32H24/c1-2-10-22-21(9-1)29-17-18-31-25-13-5-7-15-27(25)32(28-16-8-6-14-26(28)31)20-19-30(22)24-12-4-3-11-23(24)29/h1-16H,17-20H2. The van der Waals surface area contributed by atoms with Crippen molar-refractivity contribution < 1.29 is 0 Å². The average molecular weight is 409 g/mol. The van der Waals surface area contributed by atoms with Gasteiger partial charge in [-0.3, -0.25) is 0 Å². The molecule has 2 aliphatic carbocycles. The molecule has 152 valence electrons. The summed E-state index contributed by atoms with van der Waals surface area (Å²) in [5.41, 5.74) is 5.99. The lowest BCUT2D eigenvalue weighted by Gasteiger charge is -2.22. The van der Waals surface area contributed by atoms with Crippen molar-refractivity contribution in [1.29, 1.82) is 0 Å². The van der Waals surface area contributed by atoms with Gasteiger partial charge in [-0.1, -0.05) is 97.1 Å². The van der Waals surface area contributed by atoms with Crippen molar-refractivity contribution in [2.75, 3.05) is 0 Å². The van der Waals surface area contributed by atoms with Crippen molar-refractivity contribution in [3.05, 3.63) is 119 Å². The molecule has 8 rings (SSSR count). The fourth-order valence-corrected chi connectivity index (χ4v) is 6.20. The summed E-state index contributed by atoms with van der Waals surface area (Å²) in [6.45, 7) is 0. The van der Waals surface area contributed by atoms with E-state index in [2.05, 4.69) is 97.1 Å². The molecule has 0 saturated heterocycles. The number of aryl methyl sites for hydroxylation is 4. The Balaban J connectivity index is 1.63. The van der Waals surface area contributed by atoms with Crippen molar-refractivity contribution in [3.8, 4) is 0 Å². The van der Waals surface area contributed by atoms with E-state index in [-0.39, 0.29) is 0 Å². The molecule has 0 N–H and O–H groups in total. The van der Waals surface area contributed by atoms with Gasteiger partial charge in [0.25, 0.3) is 0 Å². The maximum Gasteiger partial charge on any atom is -0.0143 e. The summed E-state index contributed by atoms with van der Waals surface area (Å²) in [6.07, 6.45) is 4.20. The van der Waals surface area contributed by atoms with Gasteiger partial charge in [0.1, 0.15) is 0 Å². The van der Waals surface area contributed by atoms with E-state index in [1.807, 2.05) is 0 Å². The molecule has 0 fully saturated rings. The number of hydrogen-bond acceptors (Lipinski definition) is 0. The lowest BCUT2D eigenvalue weighted by Crippen LogP contribution is -2.04. The summed E-state index contributed by atoms with van der Waals surface area (Å²) >= 11 is 0. The predicted octanol–water partition coefficient (Wildman–Crippen LogP) is 8.18. The van der Waals surface area contributed by atoms with Crippen molar-refractivity contribution in [2.24, 2.45) is 0 Å². The van der Waals surface area contributed by atoms with Crippen LogP contribution in [0, 0.1) is 0 Å². The molecule has 2 aliphatic rings. The number of hydrogen-bond donors (Lipinski definition) is 0. The maximum absolute atomic E-state index is 2.34. The lowest BCUT2D eigenvalue weighted by molar-refractivity contribution is 0.972. The van der Waals surface area contributed by atoms with Crippen LogP contribution in [0.5, 0.6) is 0 Å². The number of rotatable bonds is 0. The second-order valence-electron chi connectivity index (χ2n) is 9.10. The summed E-state index contributed by atoms with van der Waals surface area (Å²) in [4.78, 5) is 0. The first kappa shape index (κ1) is 18.0. The highest BCUT2D eigenvalue weighted by Crippen LogP contribution is 2.39. The van der Waals surface area contributed by atoms with Crippen LogP contribution in [0.1, 0.15) is 22.3 Å². The Hall–Kier alpha value is -3.64. The van der Waals surface area contributed by atoms with Crippen LogP contribution in [-0.2, 0) is 25.7 Å². The first-order valence-electron chi connectivity index (χ1n) is 11.7. The highest BCUT2D eigenvalue weighted by molar-refractivity contribution is 6.08. The third-order valence-corrected chi connectivity index (χ3v) is 7.56. The van der Waals surface area contributed by atoms with Gasteiger partial charge in [-0.05, 0) is 91.0 Å². The molecule has 6 aromatic rings. The van der Waals surface area contributed by atoms with E-state index in [1.54, 1.807) is 0 Å². The fourth-order valence-electron chi connectivity index (χ4n) is 6.20. The summed E-state index contributed by atoms with van der Waals surface area (Å²) in [5.74, 6) is 0. The zero-order valence-electron chi connectivity index (χ0n) is 18.1. The Bertz CT molecular complexity index is 1300. The van der Waals surface area contributed by atoms with Gasteiger partial charge in [-0.2, -0.15) is 0 Å². The molecule has 0 heterocycles. The summed E-state index contributed by atoms with van der Waals surface area (Å²) in [5, 5.41) is 11.5. The van der Waals surface area contributed by atoms with Crippen LogP contribution in [0.15, 0.2) is 97.1 Å². The molecule has 4 bridgehead atoms. The molecule has 0 unspecified atom stereocenters. The van der Waals surface area contributed by atoms with E-state index >= 15 is 0 Å². The van der Waals surface area contributed by atoms with Gasteiger partial charge in [0.15, 0.2) is 0 Å². The van der Waals surface area contributed by atoms with E-state index in [0.29, 0.717) is 0 Å². The highest BCUT2D eigenvalue weighted by atomic mass is 14.2. The molecule has 0 spiro atoms. The molecule has 0 heteroatoms. The van der Waals surface area contributed by atoms with Crippen LogP contribution in [0.25, 0.3) is 43.1 Å². The summed E-state index contributed by atoms with van der Waals surface area (Å²) in [7, 11) is 0. The van der Waals surface area contributed by atoms with E-state index in [0.717, 1.165) is 25.7 Å². The Labute approximate surface area is 188 Å². The molecule has 0 aromatic heterocycles. The van der Waals surface area contributed by atoms with Crippen LogP contribution >= 0.6 is 0 Å². The van der Waals surface area contributed by atoms with E-state index in [4.69, 9.17) is 0 Å². The monoisotopic (exact) mass is 408 g/mol. The predicted molar refractivity (Wildman–Crippen MR) is 138 cm³/mol. The van der Waals surface area contributed by atoms with Gasteiger partial charge in [-0.15, -0.1) is 0 Å². The number of fused-ring (bicyclic) bond motifs is 3. The molecule has 0 amide bonds. The molecule has 0 radical (unpaired) electrons. The third kappa shape index (κ3) is 2.50. The Morgan fingerprint density at radius 2 is 0.406 bits per heavy atom. The first-order valence-corrected chi connectivity index (χ1v) is 11.7. The van der Waals surface area contributed by atoms with Crippen LogP contribution < -0.4 is 0 Å². The fraction of sp³-hybridized carbons (Fsp3) is 0.125. The topological polar surface area (TPSA) is 0 Å². The van der Waals surface area contributed by atoms with Gasteiger partial charge in [0.2, 0.25) is 0 Å². The molecule has 0 nitrogen and oxygen atoms in total. The minimum atomic E-state index is 1.05. The second kappa shape index (κ2) is 6.93. The van der Waals surface area contributed by atoms with Gasteiger partial charge in [0, 0.05) is 0 Å². The molecular weight excluding hydrogens is 384 g/mol. The minimum absolute atomic E-state index is 1.05. The van der Waals surface area contributed by atoms with Crippen LogP contribution in [-0.4, -0.2) is 0 Å². The van der Waals surface area contributed by atoms with Gasteiger partial charge in [-0.25, -0.2) is 0 Å². The van der Waals surface area contributed by atoms with Gasteiger partial charge < -0.3 is 0 Å². The molecule has 6 aromatic carbocycles. The van der Waals surface area contributed by atoms with Gasteiger partial charge >= 0.3 is 0 Å². The quantitative estimate of drug-likeness (QED) is 0.222. The van der Waals surface area contributed by atoms with Crippen molar-refractivity contribution in [1.82, 2.24) is 0 Å². The van der Waals surface area contributed by atoms with Gasteiger partial charge in [0.05, 0.1) is 0 Å². The lowest BCUT2D eigenvalue weighted by atomic mass is 9.82. The smallest absolute Gasteiger partial charge is 0.0143 e. The molecule has 32 heavy (non-hydrogen) atoms. The van der Waals surface area contributed by atoms with Crippen molar-refractivity contribution >= 4 is 43.1 Å². The Morgan fingerprint density at radius 1 is 0.250 bits per heavy atom. The Morgan fingerprint density at radius 3 is 0.562 bits per heavy atom. The van der Waals surface area contributed by atoms with E-state index in [9.17, 15) is 0 Å². The van der Waals surface area contributed by atoms with Crippen molar-refractivity contribution in [2.45, 2.75) is 25.7 Å². The van der Waals surface area contributed by atoms with Crippen LogP contribution in [0.3, 0.4) is 0 Å². The van der Waals surface area contributed by atoms with Crippen molar-refractivity contribution in [3.63, 3.8) is 0 Å². The Kier molecular flexibility index (Phi) is 3.90. The SMILES string of the molecule is c1ccc2c3c4ccccc4c(c2c1)CCc1c2ccccc2c(c2ccccc12)CC3. The molecule has 0 saturated carbocycles. The van der Waals surface area contributed by atoms with Crippen LogP contribution in [0.2, 0.25) is 0 Å². The average Bonchev–Trinajstić information content (AvgIpc) is 2.85. The molecular formula is C32H24.